The number of ether oxygens (including phenoxy) is 1. The zero-order chi connectivity index (χ0) is 15.0. The molecule has 1 aromatic carbocycles. The lowest BCUT2D eigenvalue weighted by atomic mass is 10.1. The smallest absolute Gasteiger partial charge is 0.124 e. The number of rotatable bonds is 6. The van der Waals surface area contributed by atoms with Crippen LogP contribution in [0.2, 0.25) is 0 Å². The summed E-state index contributed by atoms with van der Waals surface area (Å²) in [7, 11) is 3.40. The molecule has 4 nitrogen and oxygen atoms in total. The average molecular weight is 280 g/mol. The standard InChI is InChI=1S/C15H21FN2O2/c1-18(10-15(19)11-20-2)9-13-6-12(4-3-5-17)7-14(16)8-13/h6-8,15,19H,5,9-11,17H2,1-2H3. The molecular weight excluding hydrogens is 259 g/mol. The molecule has 0 saturated carbocycles. The third kappa shape index (κ3) is 6.13. The van der Waals surface area contributed by atoms with Crippen LogP contribution in [0.4, 0.5) is 4.39 Å². The molecule has 0 aromatic heterocycles. The highest BCUT2D eigenvalue weighted by molar-refractivity contribution is 5.37. The SMILES string of the molecule is COCC(O)CN(C)Cc1cc(F)cc(C#CCN)c1. The molecule has 0 aliphatic carbocycles. The minimum atomic E-state index is -0.560. The van der Waals surface area contributed by atoms with E-state index in [4.69, 9.17) is 10.5 Å². The van der Waals surface area contributed by atoms with Gasteiger partial charge in [0, 0.05) is 25.8 Å². The van der Waals surface area contributed by atoms with Crippen LogP contribution in [-0.2, 0) is 11.3 Å². The molecule has 20 heavy (non-hydrogen) atoms. The largest absolute Gasteiger partial charge is 0.389 e. The van der Waals surface area contributed by atoms with Crippen LogP contribution < -0.4 is 5.73 Å². The molecule has 0 amide bonds. The summed E-state index contributed by atoms with van der Waals surface area (Å²) < 4.78 is 18.4. The van der Waals surface area contributed by atoms with Crippen molar-refractivity contribution in [3.8, 4) is 11.8 Å². The van der Waals surface area contributed by atoms with Crippen LogP contribution >= 0.6 is 0 Å². The fourth-order valence-corrected chi connectivity index (χ4v) is 1.95. The molecule has 0 fully saturated rings. The lowest BCUT2D eigenvalue weighted by Crippen LogP contribution is -2.31. The number of hydrogen-bond acceptors (Lipinski definition) is 4. The number of nitrogens with zero attached hydrogens (tertiary/aromatic N) is 1. The highest BCUT2D eigenvalue weighted by Crippen LogP contribution is 2.11. The van der Waals surface area contributed by atoms with E-state index in [-0.39, 0.29) is 19.0 Å². The van der Waals surface area contributed by atoms with Crippen molar-refractivity contribution >= 4 is 0 Å². The molecule has 0 bridgehead atoms. The first-order valence-corrected chi connectivity index (χ1v) is 6.39. The van der Waals surface area contributed by atoms with Crippen LogP contribution in [0.3, 0.4) is 0 Å². The number of nitrogens with two attached hydrogens (primary N) is 1. The molecule has 0 aliphatic heterocycles. The first kappa shape index (κ1) is 16.6. The summed E-state index contributed by atoms with van der Waals surface area (Å²) in [5, 5.41) is 9.65. The fraction of sp³-hybridized carbons (Fsp3) is 0.467. The first-order valence-electron chi connectivity index (χ1n) is 6.39. The predicted octanol–water partition coefficient (Wildman–Crippen LogP) is 0.575. The number of aliphatic hydroxyl groups excluding tert-OH is 1. The summed E-state index contributed by atoms with van der Waals surface area (Å²) in [6.07, 6.45) is -0.560. The van der Waals surface area contributed by atoms with Gasteiger partial charge in [-0.25, -0.2) is 4.39 Å². The molecule has 1 unspecified atom stereocenters. The van der Waals surface area contributed by atoms with Crippen molar-refractivity contribution in [2.24, 2.45) is 5.73 Å². The van der Waals surface area contributed by atoms with E-state index in [0.717, 1.165) is 5.56 Å². The van der Waals surface area contributed by atoms with Gasteiger partial charge in [-0.2, -0.15) is 0 Å². The Bertz CT molecular complexity index is 482. The van der Waals surface area contributed by atoms with Gasteiger partial charge in [0.15, 0.2) is 0 Å². The van der Waals surface area contributed by atoms with Crippen molar-refractivity contribution in [3.05, 3.63) is 35.1 Å². The van der Waals surface area contributed by atoms with Crippen LogP contribution in [0, 0.1) is 17.7 Å². The number of benzene rings is 1. The fourth-order valence-electron chi connectivity index (χ4n) is 1.95. The van der Waals surface area contributed by atoms with E-state index < -0.39 is 6.10 Å². The van der Waals surface area contributed by atoms with Crippen LogP contribution in [0.15, 0.2) is 18.2 Å². The highest BCUT2D eigenvalue weighted by Gasteiger charge is 2.09. The molecule has 1 rings (SSSR count). The number of aliphatic hydroxyl groups is 1. The summed E-state index contributed by atoms with van der Waals surface area (Å²) in [6, 6.07) is 4.67. The Kier molecular flexibility index (Phi) is 7.20. The molecule has 0 aliphatic rings. The second kappa shape index (κ2) is 8.67. The molecule has 110 valence electrons. The second-order valence-electron chi connectivity index (χ2n) is 4.66. The van der Waals surface area contributed by atoms with E-state index in [9.17, 15) is 9.50 Å². The van der Waals surface area contributed by atoms with Crippen molar-refractivity contribution in [1.29, 1.82) is 0 Å². The summed E-state index contributed by atoms with van der Waals surface area (Å²) in [4.78, 5) is 1.90. The summed E-state index contributed by atoms with van der Waals surface area (Å²) in [5.74, 6) is 5.19. The van der Waals surface area contributed by atoms with Crippen molar-refractivity contribution in [2.45, 2.75) is 12.6 Å². The Morgan fingerprint density at radius 3 is 2.85 bits per heavy atom. The lowest BCUT2D eigenvalue weighted by Gasteiger charge is -2.20. The van der Waals surface area contributed by atoms with Gasteiger partial charge in [-0.15, -0.1) is 0 Å². The molecule has 0 spiro atoms. The van der Waals surface area contributed by atoms with Crippen LogP contribution in [0.5, 0.6) is 0 Å². The number of halogens is 1. The number of hydrogen-bond donors (Lipinski definition) is 2. The summed E-state index contributed by atoms with van der Waals surface area (Å²) in [6.45, 7) is 1.50. The van der Waals surface area contributed by atoms with E-state index in [1.807, 2.05) is 18.0 Å². The van der Waals surface area contributed by atoms with Crippen molar-refractivity contribution in [2.75, 3.05) is 33.9 Å². The molecule has 3 N–H and O–H groups in total. The lowest BCUT2D eigenvalue weighted by molar-refractivity contribution is 0.0419. The van der Waals surface area contributed by atoms with Crippen LogP contribution in [0.1, 0.15) is 11.1 Å². The minimum absolute atomic E-state index is 0.245. The van der Waals surface area contributed by atoms with E-state index in [0.29, 0.717) is 18.7 Å². The molecular formula is C15H21FN2O2. The predicted molar refractivity (Wildman–Crippen MR) is 76.5 cm³/mol. The van der Waals surface area contributed by atoms with E-state index in [1.165, 1.54) is 19.2 Å². The Labute approximate surface area is 119 Å². The molecule has 0 heterocycles. The summed E-state index contributed by atoms with van der Waals surface area (Å²) >= 11 is 0. The molecule has 5 heteroatoms. The minimum Gasteiger partial charge on any atom is -0.389 e. The summed E-state index contributed by atoms with van der Waals surface area (Å²) in [5.41, 5.74) is 6.71. The van der Waals surface area contributed by atoms with Crippen molar-refractivity contribution < 1.29 is 14.2 Å². The third-order valence-corrected chi connectivity index (χ3v) is 2.63. The molecule has 0 radical (unpaired) electrons. The van der Waals surface area contributed by atoms with Gasteiger partial charge in [0.2, 0.25) is 0 Å². The zero-order valence-corrected chi connectivity index (χ0v) is 11.9. The number of likely N-dealkylation sites (N-methyl/N-ethyl adjacent to an activating group) is 1. The molecule has 1 atom stereocenters. The van der Waals surface area contributed by atoms with Gasteiger partial charge in [0.05, 0.1) is 19.3 Å². The highest BCUT2D eigenvalue weighted by atomic mass is 19.1. The van der Waals surface area contributed by atoms with Gasteiger partial charge in [-0.3, -0.25) is 4.90 Å². The zero-order valence-electron chi connectivity index (χ0n) is 11.9. The first-order chi connectivity index (χ1) is 9.55. The topological polar surface area (TPSA) is 58.7 Å². The van der Waals surface area contributed by atoms with E-state index in [2.05, 4.69) is 11.8 Å². The van der Waals surface area contributed by atoms with Crippen LogP contribution in [0.25, 0.3) is 0 Å². The Morgan fingerprint density at radius 1 is 1.45 bits per heavy atom. The maximum Gasteiger partial charge on any atom is 0.124 e. The second-order valence-corrected chi connectivity index (χ2v) is 4.66. The van der Waals surface area contributed by atoms with Crippen molar-refractivity contribution in [3.63, 3.8) is 0 Å². The Balaban J connectivity index is 2.69. The van der Waals surface area contributed by atoms with Crippen molar-refractivity contribution in [1.82, 2.24) is 4.90 Å². The number of methoxy groups -OCH3 is 1. The Hall–Kier alpha value is -1.45. The van der Waals surface area contributed by atoms with E-state index in [1.54, 1.807) is 0 Å². The third-order valence-electron chi connectivity index (χ3n) is 2.63. The van der Waals surface area contributed by atoms with E-state index >= 15 is 0 Å². The maximum absolute atomic E-state index is 13.5. The quantitative estimate of drug-likeness (QED) is 0.748. The maximum atomic E-state index is 13.5. The van der Waals surface area contributed by atoms with Gasteiger partial charge in [-0.1, -0.05) is 11.8 Å². The molecule has 1 aromatic rings. The van der Waals surface area contributed by atoms with Crippen LogP contribution in [-0.4, -0.2) is 50.0 Å². The van der Waals surface area contributed by atoms with Gasteiger partial charge in [0.25, 0.3) is 0 Å². The average Bonchev–Trinajstić information content (AvgIpc) is 2.35. The molecule has 0 saturated heterocycles. The van der Waals surface area contributed by atoms with Gasteiger partial charge >= 0.3 is 0 Å². The Morgan fingerprint density at radius 2 is 2.20 bits per heavy atom. The van der Waals surface area contributed by atoms with Gasteiger partial charge in [-0.05, 0) is 30.8 Å². The normalized spacial score (nSPS) is 12.1. The van der Waals surface area contributed by atoms with Gasteiger partial charge < -0.3 is 15.6 Å². The van der Waals surface area contributed by atoms with Gasteiger partial charge in [0.1, 0.15) is 5.82 Å². The monoisotopic (exact) mass is 280 g/mol.